The standard InChI is InChI=1S/C9H11N3/c1-7(2)8(5-10)9-6-11-3-4-12-9/h3-4,6-8H,1-2H3. The minimum atomic E-state index is -0.140. The molecule has 0 aliphatic heterocycles. The normalized spacial score (nSPS) is 12.5. The maximum Gasteiger partial charge on any atom is 0.0923 e. The van der Waals surface area contributed by atoms with E-state index >= 15 is 0 Å². The van der Waals surface area contributed by atoms with Crippen molar-refractivity contribution in [3.05, 3.63) is 24.3 Å². The molecule has 0 saturated heterocycles. The molecule has 12 heavy (non-hydrogen) atoms. The molecule has 0 aliphatic rings. The minimum Gasteiger partial charge on any atom is -0.261 e. The van der Waals surface area contributed by atoms with Gasteiger partial charge in [-0.2, -0.15) is 5.26 Å². The molecule has 1 atom stereocenters. The maximum absolute atomic E-state index is 8.83. The van der Waals surface area contributed by atoms with Crippen molar-refractivity contribution in [3.63, 3.8) is 0 Å². The van der Waals surface area contributed by atoms with Gasteiger partial charge in [-0.15, -0.1) is 0 Å². The van der Waals surface area contributed by atoms with Crippen molar-refractivity contribution < 1.29 is 0 Å². The molecule has 0 fully saturated rings. The van der Waals surface area contributed by atoms with Crippen LogP contribution in [0.15, 0.2) is 18.6 Å². The van der Waals surface area contributed by atoms with E-state index in [1.54, 1.807) is 18.6 Å². The summed E-state index contributed by atoms with van der Waals surface area (Å²) >= 11 is 0. The second kappa shape index (κ2) is 3.82. The summed E-state index contributed by atoms with van der Waals surface area (Å²) in [5, 5.41) is 8.83. The molecule has 0 aliphatic carbocycles. The van der Waals surface area contributed by atoms with E-state index in [9.17, 15) is 0 Å². The highest BCUT2D eigenvalue weighted by Crippen LogP contribution is 2.19. The molecular weight excluding hydrogens is 150 g/mol. The quantitative estimate of drug-likeness (QED) is 0.663. The summed E-state index contributed by atoms with van der Waals surface area (Å²) in [4.78, 5) is 8.01. The van der Waals surface area contributed by atoms with Gasteiger partial charge in [-0.25, -0.2) is 0 Å². The van der Waals surface area contributed by atoms with Gasteiger partial charge in [0.15, 0.2) is 0 Å². The summed E-state index contributed by atoms with van der Waals surface area (Å²) in [6, 6.07) is 2.22. The number of aromatic nitrogens is 2. The molecule has 0 N–H and O–H groups in total. The van der Waals surface area contributed by atoms with E-state index in [0.29, 0.717) is 0 Å². The van der Waals surface area contributed by atoms with Crippen LogP contribution in [0.4, 0.5) is 0 Å². The Hall–Kier alpha value is -1.43. The van der Waals surface area contributed by atoms with Crippen molar-refractivity contribution in [2.75, 3.05) is 0 Å². The van der Waals surface area contributed by atoms with E-state index in [1.807, 2.05) is 13.8 Å². The summed E-state index contributed by atoms with van der Waals surface area (Å²) in [6.07, 6.45) is 4.87. The van der Waals surface area contributed by atoms with Crippen LogP contribution in [0.3, 0.4) is 0 Å². The van der Waals surface area contributed by atoms with Crippen molar-refractivity contribution in [3.8, 4) is 6.07 Å². The Morgan fingerprint density at radius 2 is 2.17 bits per heavy atom. The first-order chi connectivity index (χ1) is 5.75. The molecule has 0 aromatic carbocycles. The molecule has 3 heteroatoms. The lowest BCUT2D eigenvalue weighted by Crippen LogP contribution is -2.06. The van der Waals surface area contributed by atoms with Gasteiger partial charge in [0.1, 0.15) is 0 Å². The van der Waals surface area contributed by atoms with Crippen LogP contribution in [-0.4, -0.2) is 9.97 Å². The smallest absolute Gasteiger partial charge is 0.0923 e. The van der Waals surface area contributed by atoms with Gasteiger partial charge in [0, 0.05) is 18.6 Å². The lowest BCUT2D eigenvalue weighted by Gasteiger charge is -2.10. The zero-order valence-electron chi connectivity index (χ0n) is 7.23. The SMILES string of the molecule is CC(C)C(C#N)c1cnccn1. The van der Waals surface area contributed by atoms with Crippen LogP contribution in [0.5, 0.6) is 0 Å². The van der Waals surface area contributed by atoms with E-state index in [0.717, 1.165) is 5.69 Å². The zero-order valence-corrected chi connectivity index (χ0v) is 7.23. The summed E-state index contributed by atoms with van der Waals surface area (Å²) in [7, 11) is 0. The monoisotopic (exact) mass is 161 g/mol. The molecule has 1 unspecified atom stereocenters. The largest absolute Gasteiger partial charge is 0.261 e. The van der Waals surface area contributed by atoms with E-state index in [-0.39, 0.29) is 11.8 Å². The van der Waals surface area contributed by atoms with E-state index in [2.05, 4.69) is 16.0 Å². The molecule has 3 nitrogen and oxygen atoms in total. The second-order valence-electron chi connectivity index (χ2n) is 2.98. The molecule has 62 valence electrons. The van der Waals surface area contributed by atoms with Crippen molar-refractivity contribution in [1.29, 1.82) is 5.26 Å². The van der Waals surface area contributed by atoms with Crippen LogP contribution in [-0.2, 0) is 0 Å². The molecule has 0 bridgehead atoms. The lowest BCUT2D eigenvalue weighted by atomic mass is 9.94. The fourth-order valence-corrected chi connectivity index (χ4v) is 1.03. The van der Waals surface area contributed by atoms with Crippen molar-refractivity contribution in [2.24, 2.45) is 5.92 Å². The predicted molar refractivity (Wildman–Crippen MR) is 45.2 cm³/mol. The number of nitrogens with zero attached hydrogens (tertiary/aromatic N) is 3. The molecule has 0 amide bonds. The third kappa shape index (κ3) is 1.79. The molecule has 1 heterocycles. The van der Waals surface area contributed by atoms with E-state index in [1.165, 1.54) is 0 Å². The summed E-state index contributed by atoms with van der Waals surface area (Å²) in [5.74, 6) is 0.144. The Morgan fingerprint density at radius 3 is 2.58 bits per heavy atom. The lowest BCUT2D eigenvalue weighted by molar-refractivity contribution is 0.573. The van der Waals surface area contributed by atoms with Crippen molar-refractivity contribution in [1.82, 2.24) is 9.97 Å². The Bertz CT molecular complexity index is 274. The number of nitriles is 1. The summed E-state index contributed by atoms with van der Waals surface area (Å²) in [5.41, 5.74) is 0.759. The Balaban J connectivity index is 2.90. The highest BCUT2D eigenvalue weighted by atomic mass is 14.8. The summed E-state index contributed by atoms with van der Waals surface area (Å²) < 4.78 is 0. The van der Waals surface area contributed by atoms with Crippen LogP contribution < -0.4 is 0 Å². The Labute approximate surface area is 72.1 Å². The average Bonchev–Trinajstić information content (AvgIpc) is 2.07. The first kappa shape index (κ1) is 8.66. The van der Waals surface area contributed by atoms with Gasteiger partial charge < -0.3 is 0 Å². The molecule has 1 rings (SSSR count). The van der Waals surface area contributed by atoms with Crippen LogP contribution in [0, 0.1) is 17.2 Å². The van der Waals surface area contributed by atoms with Gasteiger partial charge in [0.05, 0.1) is 17.7 Å². The second-order valence-corrected chi connectivity index (χ2v) is 2.98. The van der Waals surface area contributed by atoms with Crippen LogP contribution in [0.25, 0.3) is 0 Å². The fraction of sp³-hybridized carbons (Fsp3) is 0.444. The molecule has 1 aromatic heterocycles. The first-order valence-corrected chi connectivity index (χ1v) is 3.91. The fourth-order valence-electron chi connectivity index (χ4n) is 1.03. The van der Waals surface area contributed by atoms with Gasteiger partial charge in [-0.1, -0.05) is 13.8 Å². The van der Waals surface area contributed by atoms with Crippen LogP contribution in [0.1, 0.15) is 25.5 Å². The molecule has 1 aromatic rings. The van der Waals surface area contributed by atoms with Crippen molar-refractivity contribution >= 4 is 0 Å². The van der Waals surface area contributed by atoms with Gasteiger partial charge in [-0.05, 0) is 5.92 Å². The minimum absolute atomic E-state index is 0.140. The predicted octanol–water partition coefficient (Wildman–Crippen LogP) is 1.74. The third-order valence-corrected chi connectivity index (χ3v) is 1.71. The van der Waals surface area contributed by atoms with Crippen LogP contribution in [0.2, 0.25) is 0 Å². The van der Waals surface area contributed by atoms with Crippen molar-refractivity contribution in [2.45, 2.75) is 19.8 Å². The van der Waals surface area contributed by atoms with Gasteiger partial charge in [0.2, 0.25) is 0 Å². The number of hydrogen-bond donors (Lipinski definition) is 0. The van der Waals surface area contributed by atoms with Gasteiger partial charge >= 0.3 is 0 Å². The topological polar surface area (TPSA) is 49.6 Å². The number of rotatable bonds is 2. The highest BCUT2D eigenvalue weighted by Gasteiger charge is 2.15. The Kier molecular flexibility index (Phi) is 2.76. The summed E-state index contributed by atoms with van der Waals surface area (Å²) in [6.45, 7) is 4.01. The highest BCUT2D eigenvalue weighted by molar-refractivity contribution is 5.13. The number of hydrogen-bond acceptors (Lipinski definition) is 3. The molecule has 0 saturated carbocycles. The first-order valence-electron chi connectivity index (χ1n) is 3.91. The van der Waals surface area contributed by atoms with Gasteiger partial charge in [0.25, 0.3) is 0 Å². The maximum atomic E-state index is 8.83. The molecule has 0 radical (unpaired) electrons. The third-order valence-electron chi connectivity index (χ3n) is 1.71. The molecular formula is C9H11N3. The van der Waals surface area contributed by atoms with Crippen LogP contribution >= 0.6 is 0 Å². The van der Waals surface area contributed by atoms with E-state index < -0.39 is 0 Å². The average molecular weight is 161 g/mol. The Morgan fingerprint density at radius 1 is 1.42 bits per heavy atom. The molecule has 0 spiro atoms. The van der Waals surface area contributed by atoms with Gasteiger partial charge in [-0.3, -0.25) is 9.97 Å². The zero-order chi connectivity index (χ0) is 8.97. The van der Waals surface area contributed by atoms with E-state index in [4.69, 9.17) is 5.26 Å².